The van der Waals surface area contributed by atoms with Crippen molar-refractivity contribution in [2.24, 2.45) is 0 Å². The molecule has 0 aliphatic rings. The number of benzene rings is 2. The van der Waals surface area contributed by atoms with Crippen molar-refractivity contribution in [3.8, 4) is 5.75 Å². The highest BCUT2D eigenvalue weighted by Crippen LogP contribution is 2.19. The Morgan fingerprint density at radius 1 is 1.24 bits per heavy atom. The van der Waals surface area contributed by atoms with E-state index < -0.39 is 0 Å². The second-order valence-electron chi connectivity index (χ2n) is 4.74. The van der Waals surface area contributed by atoms with Gasteiger partial charge in [0.05, 0.1) is 0 Å². The summed E-state index contributed by atoms with van der Waals surface area (Å²) in [6.07, 6.45) is 0. The molecule has 0 aliphatic carbocycles. The molecule has 2 aromatic rings. The Balaban J connectivity index is 2.07. The zero-order valence-electron chi connectivity index (χ0n) is 11.7. The third kappa shape index (κ3) is 4.76. The molecule has 1 N–H and O–H groups in total. The van der Waals surface area contributed by atoms with Gasteiger partial charge in [-0.3, -0.25) is 4.79 Å². The standard InChI is InChI=1S/C17H16BrNO2/c1-12(2)11-21-16-8-4-7-15(10-16)19-17(20)13-5-3-6-14(18)9-13/h3-10H,1,11H2,2H3,(H,19,20). The van der Waals surface area contributed by atoms with Crippen LogP contribution in [0.5, 0.6) is 5.75 Å². The largest absolute Gasteiger partial charge is 0.489 e. The van der Waals surface area contributed by atoms with Gasteiger partial charge in [-0.1, -0.05) is 34.6 Å². The summed E-state index contributed by atoms with van der Waals surface area (Å²) in [6, 6.07) is 14.5. The van der Waals surface area contributed by atoms with E-state index in [4.69, 9.17) is 4.74 Å². The predicted octanol–water partition coefficient (Wildman–Crippen LogP) is 4.66. The smallest absolute Gasteiger partial charge is 0.255 e. The van der Waals surface area contributed by atoms with E-state index in [1.54, 1.807) is 18.2 Å². The Morgan fingerprint density at radius 3 is 2.71 bits per heavy atom. The Labute approximate surface area is 132 Å². The van der Waals surface area contributed by atoms with Crippen LogP contribution >= 0.6 is 15.9 Å². The highest BCUT2D eigenvalue weighted by molar-refractivity contribution is 9.10. The van der Waals surface area contributed by atoms with Crippen molar-refractivity contribution in [1.82, 2.24) is 0 Å². The molecule has 0 spiro atoms. The van der Waals surface area contributed by atoms with Gasteiger partial charge < -0.3 is 10.1 Å². The lowest BCUT2D eigenvalue weighted by atomic mass is 10.2. The predicted molar refractivity (Wildman–Crippen MR) is 88.8 cm³/mol. The lowest BCUT2D eigenvalue weighted by Crippen LogP contribution is -2.11. The van der Waals surface area contributed by atoms with E-state index in [1.807, 2.05) is 37.3 Å². The first-order chi connectivity index (χ1) is 10.0. The van der Waals surface area contributed by atoms with Crippen molar-refractivity contribution in [3.63, 3.8) is 0 Å². The maximum atomic E-state index is 12.2. The first kappa shape index (κ1) is 15.3. The Hall–Kier alpha value is -2.07. The van der Waals surface area contributed by atoms with Gasteiger partial charge in [0, 0.05) is 21.8 Å². The van der Waals surface area contributed by atoms with Crippen LogP contribution in [0.2, 0.25) is 0 Å². The average molecular weight is 346 g/mol. The molecule has 0 aliphatic heterocycles. The first-order valence-electron chi connectivity index (χ1n) is 6.49. The molecule has 108 valence electrons. The molecule has 0 radical (unpaired) electrons. The summed E-state index contributed by atoms with van der Waals surface area (Å²) in [5.74, 6) is 0.540. The van der Waals surface area contributed by atoms with Crippen LogP contribution in [-0.2, 0) is 0 Å². The highest BCUT2D eigenvalue weighted by atomic mass is 79.9. The molecule has 2 aromatic carbocycles. The molecular weight excluding hydrogens is 330 g/mol. The number of hydrogen-bond acceptors (Lipinski definition) is 2. The quantitative estimate of drug-likeness (QED) is 0.800. The third-order valence-corrected chi connectivity index (χ3v) is 3.16. The maximum absolute atomic E-state index is 12.2. The molecule has 0 fully saturated rings. The number of carbonyl (C=O) groups is 1. The van der Waals surface area contributed by atoms with Crippen molar-refractivity contribution in [2.75, 3.05) is 11.9 Å². The van der Waals surface area contributed by atoms with Crippen LogP contribution in [0.25, 0.3) is 0 Å². The monoisotopic (exact) mass is 345 g/mol. The lowest BCUT2D eigenvalue weighted by molar-refractivity contribution is 0.102. The van der Waals surface area contributed by atoms with Gasteiger partial charge in [0.15, 0.2) is 0 Å². The molecular formula is C17H16BrNO2. The number of hydrogen-bond donors (Lipinski definition) is 1. The molecule has 4 heteroatoms. The van der Waals surface area contributed by atoms with Crippen molar-refractivity contribution >= 4 is 27.5 Å². The molecule has 0 atom stereocenters. The van der Waals surface area contributed by atoms with E-state index in [0.717, 1.165) is 10.0 Å². The minimum Gasteiger partial charge on any atom is -0.489 e. The fourth-order valence-corrected chi connectivity index (χ4v) is 2.10. The minimum atomic E-state index is -0.159. The van der Waals surface area contributed by atoms with Crippen LogP contribution < -0.4 is 10.1 Å². The molecule has 0 aromatic heterocycles. The number of nitrogens with one attached hydrogen (secondary N) is 1. The van der Waals surface area contributed by atoms with Crippen molar-refractivity contribution in [3.05, 3.63) is 70.7 Å². The van der Waals surface area contributed by atoms with Gasteiger partial charge in [-0.25, -0.2) is 0 Å². The van der Waals surface area contributed by atoms with Gasteiger partial charge in [0.2, 0.25) is 0 Å². The highest BCUT2D eigenvalue weighted by Gasteiger charge is 2.07. The summed E-state index contributed by atoms with van der Waals surface area (Å²) in [6.45, 7) is 6.15. The number of halogens is 1. The lowest BCUT2D eigenvalue weighted by Gasteiger charge is -2.09. The third-order valence-electron chi connectivity index (χ3n) is 2.66. The van der Waals surface area contributed by atoms with Crippen LogP contribution in [-0.4, -0.2) is 12.5 Å². The number of carbonyl (C=O) groups excluding carboxylic acids is 1. The van der Waals surface area contributed by atoms with Crippen LogP contribution in [0.1, 0.15) is 17.3 Å². The molecule has 0 unspecified atom stereocenters. The average Bonchev–Trinajstić information content (AvgIpc) is 2.45. The van der Waals surface area contributed by atoms with Gasteiger partial charge >= 0.3 is 0 Å². The molecule has 21 heavy (non-hydrogen) atoms. The molecule has 3 nitrogen and oxygen atoms in total. The van der Waals surface area contributed by atoms with E-state index in [2.05, 4.69) is 27.8 Å². The van der Waals surface area contributed by atoms with Crippen molar-refractivity contribution < 1.29 is 9.53 Å². The van der Waals surface area contributed by atoms with Crippen molar-refractivity contribution in [2.45, 2.75) is 6.92 Å². The normalized spacial score (nSPS) is 10.0. The van der Waals surface area contributed by atoms with E-state index in [0.29, 0.717) is 23.6 Å². The summed E-state index contributed by atoms with van der Waals surface area (Å²) in [5, 5.41) is 2.85. The fourth-order valence-electron chi connectivity index (χ4n) is 1.70. The van der Waals surface area contributed by atoms with Gasteiger partial charge in [-0.05, 0) is 42.8 Å². The van der Waals surface area contributed by atoms with Crippen LogP contribution in [0, 0.1) is 0 Å². The minimum absolute atomic E-state index is 0.159. The van der Waals surface area contributed by atoms with Crippen LogP contribution in [0.15, 0.2) is 65.2 Å². The Bertz CT molecular complexity index is 667. The fraction of sp³-hybridized carbons (Fsp3) is 0.118. The first-order valence-corrected chi connectivity index (χ1v) is 7.28. The number of anilines is 1. The van der Waals surface area contributed by atoms with E-state index in [1.165, 1.54) is 0 Å². The molecule has 0 heterocycles. The van der Waals surface area contributed by atoms with E-state index in [9.17, 15) is 4.79 Å². The summed E-state index contributed by atoms with van der Waals surface area (Å²) >= 11 is 3.35. The van der Waals surface area contributed by atoms with Crippen molar-refractivity contribution in [1.29, 1.82) is 0 Å². The van der Waals surface area contributed by atoms with E-state index in [-0.39, 0.29) is 5.91 Å². The summed E-state index contributed by atoms with van der Waals surface area (Å²) < 4.78 is 6.43. The number of amides is 1. The van der Waals surface area contributed by atoms with Gasteiger partial charge in [-0.15, -0.1) is 0 Å². The Morgan fingerprint density at radius 2 is 2.00 bits per heavy atom. The number of rotatable bonds is 5. The second kappa shape index (κ2) is 7.09. The summed E-state index contributed by atoms with van der Waals surface area (Å²) in [7, 11) is 0. The molecule has 1 amide bonds. The van der Waals surface area contributed by atoms with E-state index >= 15 is 0 Å². The van der Waals surface area contributed by atoms with Gasteiger partial charge in [0.25, 0.3) is 5.91 Å². The Kier molecular flexibility index (Phi) is 5.17. The zero-order chi connectivity index (χ0) is 15.2. The van der Waals surface area contributed by atoms with Gasteiger partial charge in [-0.2, -0.15) is 0 Å². The second-order valence-corrected chi connectivity index (χ2v) is 5.65. The maximum Gasteiger partial charge on any atom is 0.255 e. The molecule has 0 saturated carbocycles. The molecule has 2 rings (SSSR count). The summed E-state index contributed by atoms with van der Waals surface area (Å²) in [5.41, 5.74) is 2.23. The topological polar surface area (TPSA) is 38.3 Å². The SMILES string of the molecule is C=C(C)COc1cccc(NC(=O)c2cccc(Br)c2)c1. The van der Waals surface area contributed by atoms with Gasteiger partial charge in [0.1, 0.15) is 12.4 Å². The zero-order valence-corrected chi connectivity index (χ0v) is 13.3. The van der Waals surface area contributed by atoms with Crippen LogP contribution in [0.3, 0.4) is 0 Å². The summed E-state index contributed by atoms with van der Waals surface area (Å²) in [4.78, 5) is 12.2. The molecule has 0 bridgehead atoms. The van der Waals surface area contributed by atoms with Crippen LogP contribution in [0.4, 0.5) is 5.69 Å². The number of ether oxygens (including phenoxy) is 1. The molecule has 0 saturated heterocycles.